The molecule has 124 valence electrons. The Hall–Kier alpha value is -1.35. The number of ether oxygens (including phenoxy) is 1. The highest BCUT2D eigenvalue weighted by atomic mass is 16.6. The second kappa shape index (κ2) is 12.2. The third-order valence-electron chi connectivity index (χ3n) is 3.86. The number of rotatable bonds is 12. The van der Waals surface area contributed by atoms with Crippen LogP contribution in [0.1, 0.15) is 81.5 Å². The van der Waals surface area contributed by atoms with Crippen LogP contribution in [-0.4, -0.2) is 12.2 Å². The monoisotopic (exact) mass is 305 g/mol. The molecule has 0 saturated carbocycles. The largest absolute Gasteiger partial charge is 0.443 e. The molecule has 1 unspecified atom stereocenters. The summed E-state index contributed by atoms with van der Waals surface area (Å²) in [7, 11) is 0. The fourth-order valence-electron chi connectivity index (χ4n) is 2.49. The molecule has 0 amide bonds. The number of hydrogen-bond donors (Lipinski definition) is 1. The number of esters is 1. The lowest BCUT2D eigenvalue weighted by molar-refractivity contribution is 0.0292. The Morgan fingerprint density at radius 2 is 1.50 bits per heavy atom. The smallest absolute Gasteiger partial charge is 0.339 e. The zero-order valence-corrected chi connectivity index (χ0v) is 13.9. The van der Waals surface area contributed by atoms with Gasteiger partial charge in [0.2, 0.25) is 0 Å². The summed E-state index contributed by atoms with van der Waals surface area (Å²) < 4.78 is 5.25. The minimum absolute atomic E-state index is 0.330. The van der Waals surface area contributed by atoms with Crippen LogP contribution in [0.4, 0.5) is 0 Å². The molecule has 0 saturated heterocycles. The summed E-state index contributed by atoms with van der Waals surface area (Å²) in [4.78, 5) is 11.8. The number of hydrogen-bond acceptors (Lipinski definition) is 3. The summed E-state index contributed by atoms with van der Waals surface area (Å²) in [6, 6.07) is 9.01. The Morgan fingerprint density at radius 3 is 2.09 bits per heavy atom. The van der Waals surface area contributed by atoms with Gasteiger partial charge in [0, 0.05) is 0 Å². The van der Waals surface area contributed by atoms with Gasteiger partial charge >= 0.3 is 5.97 Å². The molecule has 0 heterocycles. The van der Waals surface area contributed by atoms with Gasteiger partial charge in [0.15, 0.2) is 6.23 Å². The Labute approximate surface area is 135 Å². The number of carbonyl (C=O) groups is 1. The average Bonchev–Trinajstić information content (AvgIpc) is 2.54. The summed E-state index contributed by atoms with van der Waals surface area (Å²) in [5.41, 5.74) is 6.42. The molecule has 0 aromatic heterocycles. The Morgan fingerprint density at radius 1 is 0.955 bits per heavy atom. The van der Waals surface area contributed by atoms with Gasteiger partial charge in [-0.3, -0.25) is 5.73 Å². The van der Waals surface area contributed by atoms with Crippen LogP contribution in [0.25, 0.3) is 0 Å². The maximum Gasteiger partial charge on any atom is 0.339 e. The van der Waals surface area contributed by atoms with Gasteiger partial charge in [0.25, 0.3) is 0 Å². The summed E-state index contributed by atoms with van der Waals surface area (Å²) in [6.45, 7) is 2.24. The van der Waals surface area contributed by atoms with Crippen molar-refractivity contribution in [1.29, 1.82) is 0 Å². The molecular weight excluding hydrogens is 274 g/mol. The zero-order chi connectivity index (χ0) is 16.0. The number of benzene rings is 1. The molecular formula is C19H31NO2. The van der Waals surface area contributed by atoms with Crippen molar-refractivity contribution in [3.05, 3.63) is 35.9 Å². The van der Waals surface area contributed by atoms with E-state index in [0.29, 0.717) is 5.56 Å². The van der Waals surface area contributed by atoms with Gasteiger partial charge in [-0.05, 0) is 25.0 Å². The maximum atomic E-state index is 11.8. The molecule has 1 atom stereocenters. The van der Waals surface area contributed by atoms with E-state index in [9.17, 15) is 4.79 Å². The first kappa shape index (κ1) is 18.7. The highest BCUT2D eigenvalue weighted by molar-refractivity contribution is 5.89. The van der Waals surface area contributed by atoms with Crippen LogP contribution in [0.15, 0.2) is 30.3 Å². The summed E-state index contributed by atoms with van der Waals surface area (Å²) >= 11 is 0. The molecule has 0 bridgehead atoms. The van der Waals surface area contributed by atoms with E-state index in [4.69, 9.17) is 10.5 Å². The highest BCUT2D eigenvalue weighted by Crippen LogP contribution is 2.12. The van der Waals surface area contributed by atoms with E-state index in [0.717, 1.165) is 12.8 Å². The lowest BCUT2D eigenvalue weighted by Gasteiger charge is -2.13. The van der Waals surface area contributed by atoms with E-state index >= 15 is 0 Å². The van der Waals surface area contributed by atoms with E-state index in [1.165, 1.54) is 51.4 Å². The van der Waals surface area contributed by atoms with E-state index in [-0.39, 0.29) is 5.97 Å². The molecule has 22 heavy (non-hydrogen) atoms. The minimum Gasteiger partial charge on any atom is -0.443 e. The van der Waals surface area contributed by atoms with Crippen LogP contribution < -0.4 is 5.73 Å². The number of unbranched alkanes of at least 4 members (excludes halogenated alkanes) is 8. The fraction of sp³-hybridized carbons (Fsp3) is 0.632. The first-order valence-corrected chi connectivity index (χ1v) is 8.75. The molecule has 1 aromatic rings. The van der Waals surface area contributed by atoms with Crippen molar-refractivity contribution in [1.82, 2.24) is 0 Å². The molecule has 0 aliphatic rings. The summed E-state index contributed by atoms with van der Waals surface area (Å²) in [5.74, 6) is -0.330. The van der Waals surface area contributed by atoms with E-state index in [2.05, 4.69) is 6.92 Å². The fourth-order valence-corrected chi connectivity index (χ4v) is 2.49. The normalized spacial score (nSPS) is 12.1. The third kappa shape index (κ3) is 8.83. The lowest BCUT2D eigenvalue weighted by atomic mass is 10.1. The topological polar surface area (TPSA) is 52.3 Å². The predicted octanol–water partition coefficient (Wildman–Crippen LogP) is 5.05. The van der Waals surface area contributed by atoms with Crippen molar-refractivity contribution in [3.8, 4) is 0 Å². The van der Waals surface area contributed by atoms with Crippen LogP contribution in [0.3, 0.4) is 0 Å². The predicted molar refractivity (Wildman–Crippen MR) is 91.7 cm³/mol. The molecule has 3 nitrogen and oxygen atoms in total. The van der Waals surface area contributed by atoms with Gasteiger partial charge < -0.3 is 4.74 Å². The lowest BCUT2D eigenvalue weighted by Crippen LogP contribution is -2.27. The molecule has 0 spiro atoms. The van der Waals surface area contributed by atoms with Crippen molar-refractivity contribution in [2.75, 3.05) is 0 Å². The summed E-state index contributed by atoms with van der Waals surface area (Å²) in [5, 5.41) is 0. The molecule has 2 N–H and O–H groups in total. The van der Waals surface area contributed by atoms with Crippen LogP contribution in [0.2, 0.25) is 0 Å². The average molecular weight is 305 g/mol. The quantitative estimate of drug-likeness (QED) is 0.334. The molecule has 0 aliphatic heterocycles. The Kier molecular flexibility index (Phi) is 10.4. The molecule has 3 heteroatoms. The second-order valence-electron chi connectivity index (χ2n) is 5.93. The van der Waals surface area contributed by atoms with Gasteiger partial charge in [-0.25, -0.2) is 4.79 Å². The maximum absolute atomic E-state index is 11.8. The van der Waals surface area contributed by atoms with Crippen molar-refractivity contribution in [2.24, 2.45) is 5.73 Å². The number of nitrogens with two attached hydrogens (primary N) is 1. The zero-order valence-electron chi connectivity index (χ0n) is 13.9. The minimum atomic E-state index is -0.489. The highest BCUT2D eigenvalue weighted by Gasteiger charge is 2.11. The molecule has 0 aliphatic carbocycles. The van der Waals surface area contributed by atoms with Crippen molar-refractivity contribution in [3.63, 3.8) is 0 Å². The standard InChI is InChI=1S/C19H31NO2/c1-2-3-4-5-6-7-8-9-13-16-18(20)22-19(21)17-14-11-10-12-15-17/h10-12,14-15,18H,2-9,13,16,20H2,1H3. The second-order valence-corrected chi connectivity index (χ2v) is 5.93. The van der Waals surface area contributed by atoms with Crippen LogP contribution in [0, 0.1) is 0 Å². The first-order chi connectivity index (χ1) is 10.7. The van der Waals surface area contributed by atoms with Crippen molar-refractivity contribution >= 4 is 5.97 Å². The SMILES string of the molecule is CCCCCCCCCCCC(N)OC(=O)c1ccccc1. The van der Waals surface area contributed by atoms with Gasteiger partial charge in [-0.1, -0.05) is 76.5 Å². The Balaban J connectivity index is 1.99. The molecule has 0 radical (unpaired) electrons. The van der Waals surface area contributed by atoms with Crippen LogP contribution in [0.5, 0.6) is 0 Å². The van der Waals surface area contributed by atoms with Crippen LogP contribution >= 0.6 is 0 Å². The third-order valence-corrected chi connectivity index (χ3v) is 3.86. The van der Waals surface area contributed by atoms with Gasteiger partial charge in [-0.15, -0.1) is 0 Å². The molecule has 1 aromatic carbocycles. The Bertz CT molecular complexity index is 392. The van der Waals surface area contributed by atoms with Gasteiger partial charge in [-0.2, -0.15) is 0 Å². The van der Waals surface area contributed by atoms with E-state index in [1.807, 2.05) is 18.2 Å². The van der Waals surface area contributed by atoms with E-state index in [1.54, 1.807) is 12.1 Å². The molecule has 0 fully saturated rings. The number of carbonyl (C=O) groups excluding carboxylic acids is 1. The van der Waals surface area contributed by atoms with Gasteiger partial charge in [0.1, 0.15) is 0 Å². The summed E-state index contributed by atoms with van der Waals surface area (Å²) in [6.07, 6.45) is 11.8. The van der Waals surface area contributed by atoms with Crippen molar-refractivity contribution in [2.45, 2.75) is 77.4 Å². The van der Waals surface area contributed by atoms with Gasteiger partial charge in [0.05, 0.1) is 5.56 Å². The first-order valence-electron chi connectivity index (χ1n) is 8.75. The van der Waals surface area contributed by atoms with Crippen molar-refractivity contribution < 1.29 is 9.53 Å². The van der Waals surface area contributed by atoms with E-state index < -0.39 is 6.23 Å². The molecule has 1 rings (SSSR count). The van der Waals surface area contributed by atoms with Crippen LogP contribution in [-0.2, 0) is 4.74 Å².